The van der Waals surface area contributed by atoms with Crippen molar-refractivity contribution in [1.29, 1.82) is 0 Å². The van der Waals surface area contributed by atoms with E-state index in [9.17, 15) is 123 Å². The van der Waals surface area contributed by atoms with E-state index in [0.717, 1.165) is 18.9 Å². The highest BCUT2D eigenvalue weighted by Crippen LogP contribution is 2.57. The minimum absolute atomic E-state index is 1.01. The monoisotopic (exact) mass is 778 g/mol. The Labute approximate surface area is 233 Å². The number of alkyl halides is 27. The lowest BCUT2D eigenvalue weighted by Crippen LogP contribution is -2.69. The summed E-state index contributed by atoms with van der Waals surface area (Å²) in [5, 5.41) is 7.88. The fourth-order valence-electron chi connectivity index (χ4n) is 1.93. The van der Waals surface area contributed by atoms with Crippen LogP contribution in [0.4, 0.5) is 119 Å². The summed E-state index contributed by atoms with van der Waals surface area (Å²) in [6.07, 6.45) is -81.8. The SMILES string of the molecule is O=C(O)C(F)(C(F)(F)F)C(F)(F)C(F)(F)OC(F)(F)C(F)(F)OC(F)(F)C(F)(F)OC(F)(F)C(F)(F)OC(F)(F)C(F)(F)C(F)(F)F. The van der Waals surface area contributed by atoms with Crippen molar-refractivity contribution in [1.82, 2.24) is 0 Å². The second-order valence-corrected chi connectivity index (χ2v) is 7.65. The van der Waals surface area contributed by atoms with Gasteiger partial charge in [0.2, 0.25) is 0 Å². The summed E-state index contributed by atoms with van der Waals surface area (Å²) in [5.74, 6) is -21.2. The van der Waals surface area contributed by atoms with E-state index in [-0.39, 0.29) is 0 Å². The van der Waals surface area contributed by atoms with Crippen molar-refractivity contribution in [2.45, 2.75) is 78.7 Å². The summed E-state index contributed by atoms with van der Waals surface area (Å²) in [6, 6.07) is 0. The lowest BCUT2D eigenvalue weighted by atomic mass is 9.96. The van der Waals surface area contributed by atoms with Crippen LogP contribution in [0.1, 0.15) is 0 Å². The summed E-state index contributed by atoms with van der Waals surface area (Å²) in [4.78, 5) is 10.2. The first kappa shape index (κ1) is 44.4. The smallest absolute Gasteiger partial charge is 0.462 e. The van der Waals surface area contributed by atoms with Crippen molar-refractivity contribution in [2.24, 2.45) is 0 Å². The van der Waals surface area contributed by atoms with E-state index in [1.165, 1.54) is 0 Å². The fraction of sp³-hybridized carbons (Fsp3) is 0.929. The molecule has 0 heterocycles. The maximum Gasteiger partial charge on any atom is 0.462 e. The molecule has 1 atom stereocenters. The molecule has 0 saturated carbocycles. The zero-order chi connectivity index (χ0) is 38.9. The van der Waals surface area contributed by atoms with Gasteiger partial charge in [0.05, 0.1) is 0 Å². The first-order chi connectivity index (χ1) is 19.8. The highest BCUT2D eigenvalue weighted by molar-refractivity contribution is 5.80. The van der Waals surface area contributed by atoms with Crippen LogP contribution in [0.3, 0.4) is 0 Å². The summed E-state index contributed by atoms with van der Waals surface area (Å²) in [6.45, 7) is 0. The predicted molar refractivity (Wildman–Crippen MR) is 77.4 cm³/mol. The van der Waals surface area contributed by atoms with Crippen LogP contribution in [0.2, 0.25) is 0 Å². The van der Waals surface area contributed by atoms with Gasteiger partial charge in [-0.25, -0.2) is 28.1 Å². The Kier molecular flexibility index (Phi) is 10.9. The number of carbonyl (C=O) groups is 1. The van der Waals surface area contributed by atoms with Crippen molar-refractivity contribution in [3.63, 3.8) is 0 Å². The lowest BCUT2D eigenvalue weighted by Gasteiger charge is -2.38. The Morgan fingerprint density at radius 2 is 0.511 bits per heavy atom. The van der Waals surface area contributed by atoms with Crippen LogP contribution in [0, 0.1) is 0 Å². The average Bonchev–Trinajstić information content (AvgIpc) is 2.73. The Balaban J connectivity index is 6.51. The molecule has 0 aliphatic carbocycles. The van der Waals surface area contributed by atoms with Crippen LogP contribution >= 0.6 is 0 Å². The molecule has 1 N–H and O–H groups in total. The predicted octanol–water partition coefficient (Wildman–Crippen LogP) is 7.98. The molecular formula is C14HF27O6. The fourth-order valence-corrected chi connectivity index (χ4v) is 1.93. The first-order valence-electron chi connectivity index (χ1n) is 9.41. The molecule has 0 aliphatic rings. The normalized spacial score (nSPS) is 17.5. The minimum Gasteiger partial charge on any atom is -0.478 e. The molecule has 0 aromatic carbocycles. The molecule has 0 rings (SSSR count). The van der Waals surface area contributed by atoms with E-state index in [4.69, 9.17) is 5.11 Å². The number of carboxylic acid groups (broad SMARTS) is 1. The van der Waals surface area contributed by atoms with Gasteiger partial charge in [0.25, 0.3) is 0 Å². The van der Waals surface area contributed by atoms with Crippen molar-refractivity contribution in [3.05, 3.63) is 0 Å². The first-order valence-corrected chi connectivity index (χ1v) is 9.41. The Morgan fingerprint density at radius 1 is 0.319 bits per heavy atom. The molecule has 0 aromatic heterocycles. The standard InChI is InChI=1S/C14HF27O6/c15-2(1(42)43,5(20,21)22)3(16,17)7(26,27)44-9(30,31)11(34,35)46-13(38,39)14(40,41)47-12(36,37)10(32,33)45-8(28,29)4(18,19)6(23,24)25/h(H,42,43). The molecule has 0 fully saturated rings. The highest BCUT2D eigenvalue weighted by atomic mass is 19.4. The van der Waals surface area contributed by atoms with Crippen LogP contribution in [0.5, 0.6) is 0 Å². The molecule has 1 unspecified atom stereocenters. The largest absolute Gasteiger partial charge is 0.478 e. The third-order valence-electron chi connectivity index (χ3n) is 4.25. The molecule has 0 amide bonds. The molecule has 0 bridgehead atoms. The number of rotatable bonds is 15. The van der Waals surface area contributed by atoms with Gasteiger partial charge in [-0.3, -0.25) is 0 Å². The molecule has 0 radical (unpaired) electrons. The number of aliphatic carboxylic acids is 1. The Morgan fingerprint density at radius 3 is 0.681 bits per heavy atom. The second kappa shape index (κ2) is 11.5. The average molecular weight is 778 g/mol. The number of hydrogen-bond donors (Lipinski definition) is 1. The van der Waals surface area contributed by atoms with E-state index < -0.39 is 84.7 Å². The topological polar surface area (TPSA) is 74.2 Å². The van der Waals surface area contributed by atoms with E-state index >= 15 is 0 Å². The van der Waals surface area contributed by atoms with Crippen LogP contribution in [0.25, 0.3) is 0 Å². The summed E-state index contributed by atoms with van der Waals surface area (Å²) in [5.41, 5.74) is -7.83. The van der Waals surface area contributed by atoms with E-state index in [1.807, 2.05) is 0 Å². The van der Waals surface area contributed by atoms with Gasteiger partial charge in [-0.15, -0.1) is 0 Å². The molecule has 282 valence electrons. The third-order valence-corrected chi connectivity index (χ3v) is 4.25. The van der Waals surface area contributed by atoms with Gasteiger partial charge in [-0.2, -0.15) is 114 Å². The second-order valence-electron chi connectivity index (χ2n) is 7.65. The third kappa shape index (κ3) is 7.54. The molecular weight excluding hydrogens is 777 g/mol. The van der Waals surface area contributed by atoms with E-state index in [2.05, 4.69) is 0 Å². The molecule has 33 heteroatoms. The molecule has 6 nitrogen and oxygen atoms in total. The van der Waals surface area contributed by atoms with Gasteiger partial charge in [0, 0.05) is 0 Å². The number of halogens is 27. The summed E-state index contributed by atoms with van der Waals surface area (Å²) < 4.78 is 354. The number of ether oxygens (including phenoxy) is 4. The molecule has 0 spiro atoms. The summed E-state index contributed by atoms with van der Waals surface area (Å²) >= 11 is 0. The maximum atomic E-state index is 13.5. The van der Waals surface area contributed by atoms with Crippen molar-refractivity contribution in [2.75, 3.05) is 0 Å². The van der Waals surface area contributed by atoms with Gasteiger partial charge in [-0.1, -0.05) is 0 Å². The summed E-state index contributed by atoms with van der Waals surface area (Å²) in [7, 11) is 0. The van der Waals surface area contributed by atoms with Gasteiger partial charge in [-0.05, 0) is 0 Å². The molecule has 47 heavy (non-hydrogen) atoms. The van der Waals surface area contributed by atoms with Crippen LogP contribution in [0.15, 0.2) is 0 Å². The van der Waals surface area contributed by atoms with Gasteiger partial charge in [0.15, 0.2) is 0 Å². The minimum atomic E-state index is -8.40. The van der Waals surface area contributed by atoms with Crippen molar-refractivity contribution < 1.29 is 147 Å². The van der Waals surface area contributed by atoms with E-state index in [0.29, 0.717) is 0 Å². The Hall–Kier alpha value is -2.58. The maximum absolute atomic E-state index is 13.5. The van der Waals surface area contributed by atoms with Crippen LogP contribution in [-0.4, -0.2) is 89.8 Å². The zero-order valence-corrected chi connectivity index (χ0v) is 19.7. The molecule has 0 saturated heterocycles. The highest BCUT2D eigenvalue weighted by Gasteiger charge is 2.88. The lowest BCUT2D eigenvalue weighted by molar-refractivity contribution is -0.586. The molecule has 0 aliphatic heterocycles. The van der Waals surface area contributed by atoms with Gasteiger partial charge >= 0.3 is 84.7 Å². The zero-order valence-electron chi connectivity index (χ0n) is 19.7. The van der Waals surface area contributed by atoms with Crippen LogP contribution in [-0.2, 0) is 23.7 Å². The quantitative estimate of drug-likeness (QED) is 0.170. The van der Waals surface area contributed by atoms with Crippen molar-refractivity contribution in [3.8, 4) is 0 Å². The van der Waals surface area contributed by atoms with Gasteiger partial charge in [0.1, 0.15) is 0 Å². The van der Waals surface area contributed by atoms with Crippen molar-refractivity contribution >= 4 is 5.97 Å². The molecule has 0 aromatic rings. The van der Waals surface area contributed by atoms with Crippen LogP contribution < -0.4 is 0 Å². The number of carboxylic acids is 1. The van der Waals surface area contributed by atoms with E-state index in [1.54, 1.807) is 0 Å². The number of hydrogen-bond acceptors (Lipinski definition) is 5. The van der Waals surface area contributed by atoms with Gasteiger partial charge < -0.3 is 5.11 Å². The Bertz CT molecular complexity index is 1140.